The molecule has 1 aromatic carbocycles. The molecule has 236 valence electrons. The van der Waals surface area contributed by atoms with E-state index in [0.29, 0.717) is 24.9 Å². The molecule has 17 heteroatoms. The van der Waals surface area contributed by atoms with Gasteiger partial charge in [0, 0.05) is 18.0 Å². The molecule has 0 saturated carbocycles. The van der Waals surface area contributed by atoms with E-state index in [2.05, 4.69) is 9.64 Å². The van der Waals surface area contributed by atoms with Crippen molar-refractivity contribution in [3.05, 3.63) is 35.1 Å². The lowest BCUT2D eigenvalue weighted by Gasteiger charge is -2.61. The number of ether oxygens (including phenoxy) is 3. The number of nitrogens with zero attached hydrogens (tertiary/aromatic N) is 1. The number of hydrogen-bond acceptors (Lipinski definition) is 12. The van der Waals surface area contributed by atoms with E-state index >= 15 is 0 Å². The number of hydrogen-bond donors (Lipinski definition) is 6. The number of likely N-dealkylation sites (tertiary alicyclic amines) is 1. The molecule has 6 N–H and O–H groups in total. The molecule has 3 unspecified atom stereocenters. The largest absolute Gasteiger partial charge is 0.504 e. The van der Waals surface area contributed by atoms with Gasteiger partial charge in [-0.1, -0.05) is 6.07 Å². The number of aromatic hydroxyl groups is 1. The zero-order valence-corrected chi connectivity index (χ0v) is 22.6. The molecule has 1 aromatic rings. The van der Waals surface area contributed by atoms with Crippen LogP contribution in [0, 0.1) is 0 Å². The molecule has 43 heavy (non-hydrogen) atoms. The molecule has 1 saturated heterocycles. The third-order valence-electron chi connectivity index (χ3n) is 8.24. The number of halogens is 3. The Hall–Kier alpha value is -3.93. The average molecular weight is 619 g/mol. The molecule has 2 bridgehead atoms. The fourth-order valence-electron chi connectivity index (χ4n) is 6.17. The maximum atomic E-state index is 12.7. The lowest BCUT2D eigenvalue weighted by Crippen LogP contribution is -2.74. The van der Waals surface area contributed by atoms with E-state index in [1.54, 1.807) is 6.07 Å². The Balaban J connectivity index is 0.000000541. The van der Waals surface area contributed by atoms with Crippen LogP contribution in [-0.2, 0) is 40.5 Å². The van der Waals surface area contributed by atoms with Crippen LogP contribution < -0.4 is 4.74 Å². The van der Waals surface area contributed by atoms with Gasteiger partial charge in [0.05, 0.1) is 11.0 Å². The van der Waals surface area contributed by atoms with E-state index in [0.717, 1.165) is 12.5 Å². The van der Waals surface area contributed by atoms with Crippen molar-refractivity contribution in [3.8, 4) is 11.5 Å². The fourth-order valence-corrected chi connectivity index (χ4v) is 6.17. The smallest absolute Gasteiger partial charge is 0.490 e. The Morgan fingerprint density at radius 3 is 2.30 bits per heavy atom. The third-order valence-corrected chi connectivity index (χ3v) is 8.24. The summed E-state index contributed by atoms with van der Waals surface area (Å²) in [5.41, 5.74) is -0.741. The minimum Gasteiger partial charge on any atom is -0.504 e. The van der Waals surface area contributed by atoms with Gasteiger partial charge < -0.3 is 49.7 Å². The molecule has 14 nitrogen and oxygen atoms in total. The minimum absolute atomic E-state index is 0.0325. The number of benzene rings is 1. The second-order valence-corrected chi connectivity index (χ2v) is 10.6. The van der Waals surface area contributed by atoms with Gasteiger partial charge in [-0.15, -0.1) is 0 Å². The van der Waals surface area contributed by atoms with Crippen molar-refractivity contribution in [2.45, 2.75) is 73.8 Å². The first-order chi connectivity index (χ1) is 19.9. The highest BCUT2D eigenvalue weighted by molar-refractivity contribution is 5.87. The molecule has 0 radical (unpaired) electrons. The summed E-state index contributed by atoms with van der Waals surface area (Å²) in [6.07, 6.45) is -9.92. The van der Waals surface area contributed by atoms with Gasteiger partial charge in [0.1, 0.15) is 5.76 Å². The Bertz CT molecular complexity index is 1380. The second-order valence-electron chi connectivity index (χ2n) is 10.6. The van der Waals surface area contributed by atoms with Crippen LogP contribution in [0.5, 0.6) is 11.5 Å². The van der Waals surface area contributed by atoms with Gasteiger partial charge in [0.2, 0.25) is 0 Å². The van der Waals surface area contributed by atoms with Crippen molar-refractivity contribution >= 4 is 23.9 Å². The van der Waals surface area contributed by atoms with Gasteiger partial charge >= 0.3 is 30.1 Å². The molecular formula is C26H28F3NO13. The molecule has 2 aliphatic carbocycles. The van der Waals surface area contributed by atoms with E-state index in [4.69, 9.17) is 24.5 Å². The van der Waals surface area contributed by atoms with Crippen LogP contribution in [0.1, 0.15) is 30.9 Å². The number of carboxylic acid groups (broad SMARTS) is 2. The molecule has 2 heterocycles. The van der Waals surface area contributed by atoms with Crippen LogP contribution in [0.25, 0.3) is 0 Å². The number of alkyl halides is 3. The zero-order valence-electron chi connectivity index (χ0n) is 22.6. The molecule has 1 spiro atoms. The number of carbonyl (C=O) groups excluding carboxylic acids is 2. The Morgan fingerprint density at radius 1 is 1.12 bits per heavy atom. The van der Waals surface area contributed by atoms with Gasteiger partial charge in [-0.05, 0) is 51.1 Å². The molecule has 5 rings (SSSR count). The molecule has 0 amide bonds. The predicted octanol–water partition coefficient (Wildman–Crippen LogP) is -0.415. The van der Waals surface area contributed by atoms with Gasteiger partial charge in [0.15, 0.2) is 35.9 Å². The molecule has 4 aliphatic rings. The highest BCUT2D eigenvalue weighted by Crippen LogP contribution is 2.65. The highest BCUT2D eigenvalue weighted by Gasteiger charge is 2.72. The van der Waals surface area contributed by atoms with Crippen molar-refractivity contribution in [2.75, 3.05) is 13.6 Å². The lowest BCUT2D eigenvalue weighted by molar-refractivity contribution is -0.192. The Morgan fingerprint density at radius 2 is 1.72 bits per heavy atom. The van der Waals surface area contributed by atoms with E-state index in [-0.39, 0.29) is 29.7 Å². The van der Waals surface area contributed by atoms with Crippen LogP contribution in [0.3, 0.4) is 0 Å². The number of aliphatic hydroxyl groups is 3. The quantitative estimate of drug-likeness (QED) is 0.223. The number of esters is 2. The summed E-state index contributed by atoms with van der Waals surface area (Å²) >= 11 is 0. The first-order valence-electron chi connectivity index (χ1n) is 12.8. The molecular weight excluding hydrogens is 591 g/mol. The number of piperidine rings is 1. The molecule has 2 aliphatic heterocycles. The minimum atomic E-state index is -5.08. The first kappa shape index (κ1) is 32.0. The summed E-state index contributed by atoms with van der Waals surface area (Å²) < 4.78 is 47.7. The second kappa shape index (κ2) is 11.0. The summed E-state index contributed by atoms with van der Waals surface area (Å²) in [6.45, 7) is 1.65. The standard InChI is InChI=1S/C24H27NO11.C2HF3O2/c1-10(20(29)30)34-21(31)16(27)17(28)22(32)35-13-5-6-24(33)14-9-11-3-4-12(26)18-15(11)23(24,19(13)36-18)7-8-25(14)2;3-2(4,5)1(6)7/h3-5,10,14,16-17,19,26-28,33H,6-9H2,1-2H3,(H,29,30);(H,6,7)/t10?,14-,16?,17?,19+,23+,24-;/m1./s1. The topological polar surface area (TPSA) is 221 Å². The van der Waals surface area contributed by atoms with Crippen LogP contribution in [0.15, 0.2) is 24.0 Å². The molecule has 0 aromatic heterocycles. The van der Waals surface area contributed by atoms with Crippen LogP contribution in [0.4, 0.5) is 13.2 Å². The van der Waals surface area contributed by atoms with Crippen LogP contribution >= 0.6 is 0 Å². The molecule has 7 atom stereocenters. The number of phenolic OH excluding ortho intramolecular Hbond substituents is 1. The molecule has 1 fully saturated rings. The summed E-state index contributed by atoms with van der Waals surface area (Å²) in [5.74, 6) is -7.08. The number of phenols is 1. The van der Waals surface area contributed by atoms with Crippen LogP contribution in [-0.4, -0.2) is 115 Å². The number of likely N-dealkylation sites (N-methyl/N-ethyl adjacent to an activating group) is 1. The van der Waals surface area contributed by atoms with Gasteiger partial charge in [-0.2, -0.15) is 13.2 Å². The van der Waals surface area contributed by atoms with Gasteiger partial charge in [-0.25, -0.2) is 19.2 Å². The summed E-state index contributed by atoms with van der Waals surface area (Å²) in [5, 5.41) is 58.8. The number of carboxylic acids is 2. The van der Waals surface area contributed by atoms with Crippen molar-refractivity contribution in [3.63, 3.8) is 0 Å². The fraction of sp³-hybridized carbons (Fsp3) is 0.538. The predicted molar refractivity (Wildman–Crippen MR) is 132 cm³/mol. The Labute approximate surface area is 240 Å². The van der Waals surface area contributed by atoms with E-state index in [9.17, 15) is 48.0 Å². The normalized spacial score (nSPS) is 28.9. The summed E-state index contributed by atoms with van der Waals surface area (Å²) in [4.78, 5) is 46.5. The van der Waals surface area contributed by atoms with Gasteiger partial charge in [-0.3, -0.25) is 0 Å². The SMILES string of the molecule is CC(OC(=O)C(O)C(O)C(=O)OC1=CC[C@@]2(O)[C@H]3Cc4ccc(O)c5c4[C@@]2(CCN3C)[C@H]1O5)C(=O)O.O=C(O)C(F)(F)F. The summed E-state index contributed by atoms with van der Waals surface area (Å²) in [7, 11) is 1.92. The summed E-state index contributed by atoms with van der Waals surface area (Å²) in [6, 6.07) is 3.05. The monoisotopic (exact) mass is 619 g/mol. The lowest BCUT2D eigenvalue weighted by atomic mass is 9.50. The van der Waals surface area contributed by atoms with Crippen molar-refractivity contribution in [1.29, 1.82) is 0 Å². The number of rotatable bonds is 6. The number of carbonyl (C=O) groups is 4. The number of aliphatic hydroxyl groups excluding tert-OH is 2. The Kier molecular flexibility index (Phi) is 8.16. The average Bonchev–Trinajstić information content (AvgIpc) is 3.28. The van der Waals surface area contributed by atoms with Gasteiger partial charge in [0.25, 0.3) is 0 Å². The van der Waals surface area contributed by atoms with Crippen molar-refractivity contribution < 1.29 is 77.2 Å². The number of aliphatic carboxylic acids is 2. The highest BCUT2D eigenvalue weighted by atomic mass is 19.4. The van der Waals surface area contributed by atoms with E-state index in [1.165, 1.54) is 12.1 Å². The van der Waals surface area contributed by atoms with E-state index < -0.39 is 65.5 Å². The van der Waals surface area contributed by atoms with Crippen molar-refractivity contribution in [1.82, 2.24) is 4.90 Å². The van der Waals surface area contributed by atoms with Crippen molar-refractivity contribution in [2.24, 2.45) is 0 Å². The first-order valence-corrected chi connectivity index (χ1v) is 12.8. The van der Waals surface area contributed by atoms with E-state index in [1.807, 2.05) is 7.05 Å². The van der Waals surface area contributed by atoms with Crippen LogP contribution in [0.2, 0.25) is 0 Å². The maximum Gasteiger partial charge on any atom is 0.490 e. The zero-order chi connectivity index (χ0) is 32.2. The maximum absolute atomic E-state index is 12.7. The third kappa shape index (κ3) is 5.15.